The molecule has 0 fully saturated rings. The van der Waals surface area contributed by atoms with E-state index in [9.17, 15) is 9.59 Å². The lowest BCUT2D eigenvalue weighted by molar-refractivity contribution is -0.143. The number of ether oxygens (including phenoxy) is 2. The normalized spacial score (nSPS) is 11.9. The molecule has 2 aromatic carbocycles. The topological polar surface area (TPSA) is 52.6 Å². The summed E-state index contributed by atoms with van der Waals surface area (Å²) in [5.41, 5.74) is 0.851. The number of carbonyl (C=O) groups is 2. The van der Waals surface area contributed by atoms with Crippen LogP contribution in [-0.2, 0) is 19.1 Å². The first kappa shape index (κ1) is 15.0. The molecule has 0 spiro atoms. The van der Waals surface area contributed by atoms with Crippen LogP contribution in [0.5, 0.6) is 0 Å². The Hall–Kier alpha value is -2.36. The quantitative estimate of drug-likeness (QED) is 0.793. The van der Waals surface area contributed by atoms with Gasteiger partial charge >= 0.3 is 11.9 Å². The predicted octanol–water partition coefficient (Wildman–Crippen LogP) is 3.05. The van der Waals surface area contributed by atoms with Crippen molar-refractivity contribution >= 4 is 22.7 Å². The van der Waals surface area contributed by atoms with Crippen molar-refractivity contribution in [3.63, 3.8) is 0 Å². The van der Waals surface area contributed by atoms with E-state index in [1.165, 1.54) is 14.2 Å². The van der Waals surface area contributed by atoms with Crippen LogP contribution in [0.1, 0.15) is 24.3 Å². The fourth-order valence-corrected chi connectivity index (χ4v) is 2.35. The first-order chi connectivity index (χ1) is 10.2. The van der Waals surface area contributed by atoms with E-state index in [0.29, 0.717) is 6.42 Å². The SMILES string of the molecule is COC(=O)CCC(C(=O)OC)c1ccc2ccccc2c1. The van der Waals surface area contributed by atoms with Gasteiger partial charge in [-0.1, -0.05) is 42.5 Å². The molecule has 0 heterocycles. The van der Waals surface area contributed by atoms with Crippen molar-refractivity contribution in [3.8, 4) is 0 Å². The molecule has 0 aliphatic rings. The first-order valence-corrected chi connectivity index (χ1v) is 6.79. The van der Waals surface area contributed by atoms with Crippen LogP contribution in [0.3, 0.4) is 0 Å². The maximum atomic E-state index is 12.0. The third kappa shape index (κ3) is 3.60. The van der Waals surface area contributed by atoms with Gasteiger partial charge < -0.3 is 9.47 Å². The number of methoxy groups -OCH3 is 2. The van der Waals surface area contributed by atoms with Crippen molar-refractivity contribution in [3.05, 3.63) is 48.0 Å². The lowest BCUT2D eigenvalue weighted by Crippen LogP contribution is -2.16. The highest BCUT2D eigenvalue weighted by atomic mass is 16.5. The van der Waals surface area contributed by atoms with Crippen molar-refractivity contribution in [1.29, 1.82) is 0 Å². The van der Waals surface area contributed by atoms with Crippen molar-refractivity contribution in [2.75, 3.05) is 14.2 Å². The van der Waals surface area contributed by atoms with E-state index in [4.69, 9.17) is 4.74 Å². The predicted molar refractivity (Wildman–Crippen MR) is 80.0 cm³/mol. The van der Waals surface area contributed by atoms with Crippen molar-refractivity contribution in [1.82, 2.24) is 0 Å². The summed E-state index contributed by atoms with van der Waals surface area (Å²) < 4.78 is 9.48. The van der Waals surface area contributed by atoms with E-state index in [1.807, 2.05) is 42.5 Å². The van der Waals surface area contributed by atoms with Crippen LogP contribution in [0.4, 0.5) is 0 Å². The molecular formula is C17H18O4. The summed E-state index contributed by atoms with van der Waals surface area (Å²) in [6.45, 7) is 0. The first-order valence-electron chi connectivity index (χ1n) is 6.79. The molecule has 0 N–H and O–H groups in total. The summed E-state index contributed by atoms with van der Waals surface area (Å²) in [5, 5.41) is 2.17. The molecule has 4 nitrogen and oxygen atoms in total. The average Bonchev–Trinajstić information content (AvgIpc) is 2.54. The van der Waals surface area contributed by atoms with Crippen LogP contribution in [-0.4, -0.2) is 26.2 Å². The summed E-state index contributed by atoms with van der Waals surface area (Å²) in [6, 6.07) is 13.8. The van der Waals surface area contributed by atoms with Crippen LogP contribution < -0.4 is 0 Å². The van der Waals surface area contributed by atoms with E-state index in [-0.39, 0.29) is 18.4 Å². The molecule has 0 amide bonds. The number of carbonyl (C=O) groups excluding carboxylic acids is 2. The van der Waals surface area contributed by atoms with Gasteiger partial charge in [-0.15, -0.1) is 0 Å². The van der Waals surface area contributed by atoms with Gasteiger partial charge in [0.1, 0.15) is 0 Å². The summed E-state index contributed by atoms with van der Waals surface area (Å²) in [5.74, 6) is -1.13. The van der Waals surface area contributed by atoms with Crippen LogP contribution in [0.2, 0.25) is 0 Å². The van der Waals surface area contributed by atoms with Gasteiger partial charge in [0.15, 0.2) is 0 Å². The van der Waals surface area contributed by atoms with Gasteiger partial charge in [-0.2, -0.15) is 0 Å². The van der Waals surface area contributed by atoms with Gasteiger partial charge in [-0.05, 0) is 22.8 Å². The van der Waals surface area contributed by atoms with Gasteiger partial charge in [0.25, 0.3) is 0 Å². The van der Waals surface area contributed by atoms with Crippen molar-refractivity contribution in [2.45, 2.75) is 18.8 Å². The molecule has 4 heteroatoms. The van der Waals surface area contributed by atoms with Gasteiger partial charge in [0, 0.05) is 6.42 Å². The van der Waals surface area contributed by atoms with Gasteiger partial charge in [-0.3, -0.25) is 9.59 Å². The third-order valence-electron chi connectivity index (χ3n) is 3.53. The number of fused-ring (bicyclic) bond motifs is 1. The smallest absolute Gasteiger partial charge is 0.313 e. The standard InChI is InChI=1S/C17H18O4/c1-20-16(18)10-9-15(17(19)21-2)14-8-7-12-5-3-4-6-13(12)11-14/h3-8,11,15H,9-10H2,1-2H3. The second-order valence-electron chi connectivity index (χ2n) is 4.80. The fraction of sp³-hybridized carbons (Fsp3) is 0.294. The molecule has 0 aliphatic carbocycles. The van der Waals surface area contributed by atoms with Crippen molar-refractivity contribution < 1.29 is 19.1 Å². The molecule has 2 aromatic rings. The molecule has 21 heavy (non-hydrogen) atoms. The van der Waals surface area contributed by atoms with Gasteiger partial charge in [-0.25, -0.2) is 0 Å². The zero-order chi connectivity index (χ0) is 15.2. The Bertz CT molecular complexity index is 648. The Labute approximate surface area is 123 Å². The second kappa shape index (κ2) is 6.88. The maximum absolute atomic E-state index is 12.0. The van der Waals surface area contributed by atoms with E-state index < -0.39 is 5.92 Å². The molecule has 0 saturated carbocycles. The minimum Gasteiger partial charge on any atom is -0.469 e. The third-order valence-corrected chi connectivity index (χ3v) is 3.53. The Morgan fingerprint density at radius 1 is 1.00 bits per heavy atom. The van der Waals surface area contributed by atoms with Gasteiger partial charge in [0.05, 0.1) is 20.1 Å². The minimum atomic E-state index is -0.460. The Morgan fingerprint density at radius 3 is 2.38 bits per heavy atom. The largest absolute Gasteiger partial charge is 0.469 e. The van der Waals surface area contributed by atoms with Gasteiger partial charge in [0.2, 0.25) is 0 Å². The Balaban J connectivity index is 2.29. The molecule has 0 aliphatic heterocycles. The lowest BCUT2D eigenvalue weighted by atomic mass is 9.92. The molecule has 1 unspecified atom stereocenters. The van der Waals surface area contributed by atoms with E-state index >= 15 is 0 Å². The van der Waals surface area contributed by atoms with Crippen LogP contribution in [0.15, 0.2) is 42.5 Å². The highest BCUT2D eigenvalue weighted by Gasteiger charge is 2.22. The monoisotopic (exact) mass is 286 g/mol. The van der Waals surface area contributed by atoms with Crippen molar-refractivity contribution in [2.24, 2.45) is 0 Å². The molecule has 0 aromatic heterocycles. The molecule has 1 atom stereocenters. The van der Waals surface area contributed by atoms with Crippen LogP contribution >= 0.6 is 0 Å². The fourth-order valence-electron chi connectivity index (χ4n) is 2.35. The summed E-state index contributed by atoms with van der Waals surface area (Å²) in [6.07, 6.45) is 0.556. The highest BCUT2D eigenvalue weighted by molar-refractivity contribution is 5.86. The number of benzene rings is 2. The van der Waals surface area contributed by atoms with E-state index in [1.54, 1.807) is 0 Å². The highest BCUT2D eigenvalue weighted by Crippen LogP contribution is 2.26. The second-order valence-corrected chi connectivity index (χ2v) is 4.80. The maximum Gasteiger partial charge on any atom is 0.313 e. The zero-order valence-electron chi connectivity index (χ0n) is 12.2. The molecule has 0 bridgehead atoms. The number of esters is 2. The number of hydrogen-bond donors (Lipinski definition) is 0. The number of hydrogen-bond acceptors (Lipinski definition) is 4. The summed E-state index contributed by atoms with van der Waals surface area (Å²) >= 11 is 0. The van der Waals surface area contributed by atoms with E-state index in [0.717, 1.165) is 16.3 Å². The summed E-state index contributed by atoms with van der Waals surface area (Å²) in [4.78, 5) is 23.3. The zero-order valence-corrected chi connectivity index (χ0v) is 12.2. The molecule has 110 valence electrons. The van der Waals surface area contributed by atoms with Crippen LogP contribution in [0, 0.1) is 0 Å². The average molecular weight is 286 g/mol. The molecule has 2 rings (SSSR count). The van der Waals surface area contributed by atoms with E-state index in [2.05, 4.69) is 4.74 Å². The minimum absolute atomic E-state index is 0.184. The lowest BCUT2D eigenvalue weighted by Gasteiger charge is -2.15. The molecule has 0 saturated heterocycles. The number of rotatable bonds is 5. The molecule has 0 radical (unpaired) electrons. The Morgan fingerprint density at radius 2 is 1.71 bits per heavy atom. The Kier molecular flexibility index (Phi) is 4.93. The van der Waals surface area contributed by atoms with Crippen LogP contribution in [0.25, 0.3) is 10.8 Å². The summed E-state index contributed by atoms with van der Waals surface area (Å²) in [7, 11) is 2.69. The molecular weight excluding hydrogens is 268 g/mol.